The lowest BCUT2D eigenvalue weighted by molar-refractivity contribution is 0.626. The fourth-order valence-corrected chi connectivity index (χ4v) is 2.80. The van der Waals surface area contributed by atoms with Gasteiger partial charge in [0.2, 0.25) is 5.95 Å². The Morgan fingerprint density at radius 1 is 1.44 bits per heavy atom. The van der Waals surface area contributed by atoms with E-state index in [1.54, 1.807) is 12.4 Å². The van der Waals surface area contributed by atoms with Crippen LogP contribution >= 0.6 is 27.5 Å². The number of halogens is 3. The molecule has 1 saturated carbocycles. The van der Waals surface area contributed by atoms with Crippen LogP contribution in [0, 0.1) is 5.82 Å². The topological polar surface area (TPSA) is 29.9 Å². The Kier molecular flexibility index (Phi) is 3.03. The number of hydrogen-bond acceptors (Lipinski definition) is 2. The standard InChI is InChI=1S/C12H10BrClFN3/c13-9-5-7(15)6-10(14)11(9)18-4-3-16-12(18)17-8-1-2-8/h3-6,8H,1-2H2,(H,16,17). The van der Waals surface area contributed by atoms with Crippen LogP contribution in [0.3, 0.4) is 0 Å². The Balaban J connectivity index is 2.06. The van der Waals surface area contributed by atoms with Crippen LogP contribution in [0.15, 0.2) is 29.0 Å². The molecule has 0 bridgehead atoms. The fourth-order valence-electron chi connectivity index (χ4n) is 1.77. The summed E-state index contributed by atoms with van der Waals surface area (Å²) in [5.41, 5.74) is 0.693. The van der Waals surface area contributed by atoms with E-state index in [1.165, 1.54) is 12.1 Å². The second-order valence-electron chi connectivity index (χ2n) is 4.26. The van der Waals surface area contributed by atoms with Gasteiger partial charge in [-0.2, -0.15) is 0 Å². The van der Waals surface area contributed by atoms with Gasteiger partial charge in [0.05, 0.1) is 10.7 Å². The molecule has 6 heteroatoms. The number of hydrogen-bond donors (Lipinski definition) is 1. The summed E-state index contributed by atoms with van der Waals surface area (Å²) in [5, 5.41) is 3.66. The summed E-state index contributed by atoms with van der Waals surface area (Å²) in [6.07, 6.45) is 5.81. The molecule has 94 valence electrons. The van der Waals surface area contributed by atoms with Crippen LogP contribution in [0.25, 0.3) is 5.69 Å². The molecule has 1 aliphatic rings. The van der Waals surface area contributed by atoms with E-state index in [-0.39, 0.29) is 5.82 Å². The third-order valence-corrected chi connectivity index (χ3v) is 3.67. The van der Waals surface area contributed by atoms with Gasteiger partial charge in [-0.05, 0) is 40.9 Å². The minimum atomic E-state index is -0.368. The van der Waals surface area contributed by atoms with Crippen LogP contribution in [0.1, 0.15) is 12.8 Å². The highest BCUT2D eigenvalue weighted by atomic mass is 79.9. The Bertz CT molecular complexity index is 572. The number of aromatic nitrogens is 2. The van der Waals surface area contributed by atoms with Gasteiger partial charge in [-0.3, -0.25) is 4.57 Å². The molecule has 1 aromatic heterocycles. The Labute approximate surface area is 117 Å². The maximum absolute atomic E-state index is 13.2. The number of rotatable bonds is 3. The molecule has 0 spiro atoms. The lowest BCUT2D eigenvalue weighted by Crippen LogP contribution is -2.08. The van der Waals surface area contributed by atoms with E-state index in [9.17, 15) is 4.39 Å². The van der Waals surface area contributed by atoms with Crippen LogP contribution in [0.4, 0.5) is 10.3 Å². The predicted molar refractivity (Wildman–Crippen MR) is 72.9 cm³/mol. The number of nitrogens with one attached hydrogen (secondary N) is 1. The fraction of sp³-hybridized carbons (Fsp3) is 0.250. The van der Waals surface area contributed by atoms with Gasteiger partial charge in [-0.15, -0.1) is 0 Å². The highest BCUT2D eigenvalue weighted by Crippen LogP contribution is 2.33. The average molecular weight is 331 g/mol. The molecule has 0 amide bonds. The minimum Gasteiger partial charge on any atom is -0.353 e. The van der Waals surface area contributed by atoms with Crippen molar-refractivity contribution < 1.29 is 4.39 Å². The van der Waals surface area contributed by atoms with Crippen LogP contribution in [-0.2, 0) is 0 Å². The first-order chi connectivity index (χ1) is 8.65. The van der Waals surface area contributed by atoms with Gasteiger partial charge in [-0.1, -0.05) is 11.6 Å². The second-order valence-corrected chi connectivity index (χ2v) is 5.52. The van der Waals surface area contributed by atoms with Gasteiger partial charge >= 0.3 is 0 Å². The molecular weight excluding hydrogens is 321 g/mol. The predicted octanol–water partition coefficient (Wildman–Crippen LogP) is 4.00. The second kappa shape index (κ2) is 4.55. The summed E-state index contributed by atoms with van der Waals surface area (Å²) in [7, 11) is 0. The Hall–Kier alpha value is -1.07. The number of imidazole rings is 1. The minimum absolute atomic E-state index is 0.346. The van der Waals surface area contributed by atoms with E-state index >= 15 is 0 Å². The first kappa shape index (κ1) is 12.0. The zero-order chi connectivity index (χ0) is 12.7. The molecule has 0 atom stereocenters. The molecule has 0 aliphatic heterocycles. The number of benzene rings is 1. The lowest BCUT2D eigenvalue weighted by Gasteiger charge is -2.12. The van der Waals surface area contributed by atoms with Crippen molar-refractivity contribution in [3.8, 4) is 5.69 Å². The summed E-state index contributed by atoms with van der Waals surface area (Å²) in [4.78, 5) is 4.26. The number of nitrogens with zero attached hydrogens (tertiary/aromatic N) is 2. The summed E-state index contributed by atoms with van der Waals surface area (Å²) in [5.74, 6) is 0.360. The van der Waals surface area contributed by atoms with Gasteiger partial charge in [0.1, 0.15) is 5.82 Å². The summed E-state index contributed by atoms with van der Waals surface area (Å²) in [6.45, 7) is 0. The van der Waals surface area contributed by atoms with Gasteiger partial charge < -0.3 is 5.32 Å². The van der Waals surface area contributed by atoms with E-state index in [1.807, 2.05) is 4.57 Å². The van der Waals surface area contributed by atoms with Crippen molar-refractivity contribution >= 4 is 33.5 Å². The van der Waals surface area contributed by atoms with Gasteiger partial charge in [-0.25, -0.2) is 9.37 Å². The number of anilines is 1. The van der Waals surface area contributed by atoms with Crippen LogP contribution < -0.4 is 5.32 Å². The Morgan fingerprint density at radius 3 is 2.89 bits per heavy atom. The Morgan fingerprint density at radius 2 is 2.22 bits per heavy atom. The quantitative estimate of drug-likeness (QED) is 0.922. The van der Waals surface area contributed by atoms with E-state index < -0.39 is 0 Å². The third kappa shape index (κ3) is 2.24. The maximum atomic E-state index is 13.2. The molecule has 0 unspecified atom stereocenters. The molecule has 1 fully saturated rings. The summed E-state index contributed by atoms with van der Waals surface area (Å²) >= 11 is 9.44. The van der Waals surface area contributed by atoms with Crippen molar-refractivity contribution in [2.24, 2.45) is 0 Å². The van der Waals surface area contributed by atoms with Crippen molar-refractivity contribution in [1.82, 2.24) is 9.55 Å². The van der Waals surface area contributed by atoms with Crippen molar-refractivity contribution in [1.29, 1.82) is 0 Å². The zero-order valence-electron chi connectivity index (χ0n) is 9.33. The van der Waals surface area contributed by atoms with Gasteiger partial charge in [0.25, 0.3) is 0 Å². The summed E-state index contributed by atoms with van der Waals surface area (Å²) < 4.78 is 15.6. The average Bonchev–Trinajstić information content (AvgIpc) is 2.98. The normalized spacial score (nSPS) is 14.8. The van der Waals surface area contributed by atoms with Crippen molar-refractivity contribution in [2.75, 3.05) is 5.32 Å². The van der Waals surface area contributed by atoms with Gasteiger partial charge in [0, 0.05) is 22.9 Å². The largest absolute Gasteiger partial charge is 0.353 e. The highest BCUT2D eigenvalue weighted by molar-refractivity contribution is 9.10. The SMILES string of the molecule is Fc1cc(Cl)c(-n2ccnc2NC2CC2)c(Br)c1. The van der Waals surface area contributed by atoms with Crippen LogP contribution in [-0.4, -0.2) is 15.6 Å². The molecule has 2 aromatic rings. The summed E-state index contributed by atoms with van der Waals surface area (Å²) in [6, 6.07) is 3.18. The van der Waals surface area contributed by atoms with E-state index in [0.29, 0.717) is 21.2 Å². The van der Waals surface area contributed by atoms with E-state index in [0.717, 1.165) is 18.8 Å². The zero-order valence-corrected chi connectivity index (χ0v) is 11.7. The van der Waals surface area contributed by atoms with Crippen LogP contribution in [0.5, 0.6) is 0 Å². The van der Waals surface area contributed by atoms with E-state index in [4.69, 9.17) is 11.6 Å². The molecular formula is C12H10BrClFN3. The lowest BCUT2D eigenvalue weighted by atomic mass is 10.3. The molecule has 1 heterocycles. The van der Waals surface area contributed by atoms with Crippen molar-refractivity contribution in [3.63, 3.8) is 0 Å². The molecule has 18 heavy (non-hydrogen) atoms. The molecule has 3 nitrogen and oxygen atoms in total. The first-order valence-corrected chi connectivity index (χ1v) is 6.77. The first-order valence-electron chi connectivity index (χ1n) is 5.60. The smallest absolute Gasteiger partial charge is 0.207 e. The molecule has 0 radical (unpaired) electrons. The van der Waals surface area contributed by atoms with Crippen molar-refractivity contribution in [2.45, 2.75) is 18.9 Å². The van der Waals surface area contributed by atoms with E-state index in [2.05, 4.69) is 26.2 Å². The third-order valence-electron chi connectivity index (χ3n) is 2.77. The van der Waals surface area contributed by atoms with Gasteiger partial charge in [0.15, 0.2) is 0 Å². The molecule has 1 N–H and O–H groups in total. The molecule has 1 aromatic carbocycles. The highest BCUT2D eigenvalue weighted by Gasteiger charge is 2.23. The molecule has 1 aliphatic carbocycles. The molecule has 3 rings (SSSR count). The maximum Gasteiger partial charge on any atom is 0.207 e. The van der Waals surface area contributed by atoms with Crippen molar-refractivity contribution in [3.05, 3.63) is 39.8 Å². The van der Waals surface area contributed by atoms with Crippen LogP contribution in [0.2, 0.25) is 5.02 Å². The monoisotopic (exact) mass is 329 g/mol. The molecule has 0 saturated heterocycles.